The summed E-state index contributed by atoms with van der Waals surface area (Å²) in [5, 5.41) is 14.2. The third kappa shape index (κ3) is 5.19. The van der Waals surface area contributed by atoms with E-state index in [9.17, 15) is 10.1 Å². The van der Waals surface area contributed by atoms with Crippen LogP contribution in [0.5, 0.6) is 0 Å². The molecule has 0 aromatic heterocycles. The van der Waals surface area contributed by atoms with Crippen LogP contribution in [0.15, 0.2) is 22.7 Å². The Morgan fingerprint density at radius 2 is 2.05 bits per heavy atom. The minimum atomic E-state index is -0.384. The first-order valence-electron chi connectivity index (χ1n) is 6.62. The van der Waals surface area contributed by atoms with Crippen molar-refractivity contribution in [2.75, 3.05) is 20.6 Å². The molecule has 0 aliphatic rings. The van der Waals surface area contributed by atoms with E-state index in [-0.39, 0.29) is 10.6 Å². The Kier molecular flexibility index (Phi) is 6.58. The van der Waals surface area contributed by atoms with Crippen LogP contribution in [0, 0.1) is 16.0 Å². The van der Waals surface area contributed by atoms with Crippen LogP contribution in [-0.2, 0) is 6.54 Å². The zero-order valence-corrected chi connectivity index (χ0v) is 14.0. The van der Waals surface area contributed by atoms with Gasteiger partial charge in [-0.15, -0.1) is 0 Å². The van der Waals surface area contributed by atoms with Crippen LogP contribution in [0.3, 0.4) is 0 Å². The number of rotatable bonds is 7. The van der Waals surface area contributed by atoms with Gasteiger partial charge in [0.25, 0.3) is 5.69 Å². The Balaban J connectivity index is 2.70. The Bertz CT molecular complexity index is 464. The maximum absolute atomic E-state index is 10.7. The van der Waals surface area contributed by atoms with Gasteiger partial charge in [-0.25, -0.2) is 0 Å². The second kappa shape index (κ2) is 7.71. The molecule has 1 unspecified atom stereocenters. The van der Waals surface area contributed by atoms with E-state index < -0.39 is 0 Å². The van der Waals surface area contributed by atoms with Crippen molar-refractivity contribution in [3.05, 3.63) is 38.3 Å². The molecule has 0 amide bonds. The maximum Gasteiger partial charge on any atom is 0.270 e. The van der Waals surface area contributed by atoms with Crippen LogP contribution in [0.25, 0.3) is 0 Å². The molecule has 1 aromatic carbocycles. The van der Waals surface area contributed by atoms with Gasteiger partial charge < -0.3 is 10.2 Å². The van der Waals surface area contributed by atoms with Crippen molar-refractivity contribution in [3.63, 3.8) is 0 Å². The fourth-order valence-corrected chi connectivity index (χ4v) is 2.45. The number of nitro benzene ring substituents is 1. The Labute approximate surface area is 128 Å². The standard InChI is InChI=1S/C14H22BrN3O2/c1-10(2)14(9-17(3)4)16-8-11-5-6-12(18(19)20)7-13(11)15/h5-7,10,14,16H,8-9H2,1-4H3. The van der Waals surface area contributed by atoms with Crippen molar-refractivity contribution in [3.8, 4) is 0 Å². The predicted octanol–water partition coefficient (Wildman–Crippen LogP) is 3.03. The van der Waals surface area contributed by atoms with E-state index in [4.69, 9.17) is 0 Å². The Hall–Kier alpha value is -0.980. The van der Waals surface area contributed by atoms with Gasteiger partial charge in [0.2, 0.25) is 0 Å². The highest BCUT2D eigenvalue weighted by molar-refractivity contribution is 9.10. The number of non-ortho nitro benzene ring substituents is 1. The molecule has 5 nitrogen and oxygen atoms in total. The molecular weight excluding hydrogens is 322 g/mol. The summed E-state index contributed by atoms with van der Waals surface area (Å²) in [6.45, 7) is 6.02. The first-order chi connectivity index (χ1) is 9.31. The van der Waals surface area contributed by atoms with E-state index in [0.717, 1.165) is 16.6 Å². The predicted molar refractivity (Wildman–Crippen MR) is 84.8 cm³/mol. The van der Waals surface area contributed by atoms with Gasteiger partial charge in [0.1, 0.15) is 0 Å². The number of benzene rings is 1. The highest BCUT2D eigenvalue weighted by Gasteiger charge is 2.15. The van der Waals surface area contributed by atoms with Crippen LogP contribution in [-0.4, -0.2) is 36.5 Å². The van der Waals surface area contributed by atoms with Crippen LogP contribution >= 0.6 is 15.9 Å². The lowest BCUT2D eigenvalue weighted by atomic mass is 10.0. The zero-order chi connectivity index (χ0) is 15.3. The van der Waals surface area contributed by atoms with E-state index in [1.54, 1.807) is 12.1 Å². The minimum absolute atomic E-state index is 0.106. The number of hydrogen-bond donors (Lipinski definition) is 1. The summed E-state index contributed by atoms with van der Waals surface area (Å²) >= 11 is 3.40. The summed E-state index contributed by atoms with van der Waals surface area (Å²) in [5.41, 5.74) is 1.13. The van der Waals surface area contributed by atoms with E-state index in [0.29, 0.717) is 18.5 Å². The zero-order valence-electron chi connectivity index (χ0n) is 12.4. The molecule has 20 heavy (non-hydrogen) atoms. The molecule has 6 heteroatoms. The lowest BCUT2D eigenvalue weighted by Crippen LogP contribution is -2.41. The van der Waals surface area contributed by atoms with Gasteiger partial charge in [-0.3, -0.25) is 10.1 Å². The molecule has 0 aliphatic carbocycles. The summed E-state index contributed by atoms with van der Waals surface area (Å²) in [6.07, 6.45) is 0. The van der Waals surface area contributed by atoms with Gasteiger partial charge in [-0.2, -0.15) is 0 Å². The van der Waals surface area contributed by atoms with Crippen LogP contribution < -0.4 is 5.32 Å². The summed E-state index contributed by atoms with van der Waals surface area (Å²) in [7, 11) is 4.11. The van der Waals surface area contributed by atoms with Gasteiger partial charge in [0.05, 0.1) is 4.92 Å². The molecule has 0 radical (unpaired) electrons. The number of nitrogens with zero attached hydrogens (tertiary/aromatic N) is 2. The first-order valence-corrected chi connectivity index (χ1v) is 7.41. The smallest absolute Gasteiger partial charge is 0.270 e. The molecule has 1 atom stereocenters. The first kappa shape index (κ1) is 17.1. The minimum Gasteiger partial charge on any atom is -0.308 e. The highest BCUT2D eigenvalue weighted by Crippen LogP contribution is 2.23. The topological polar surface area (TPSA) is 58.4 Å². The molecule has 0 bridgehead atoms. The number of nitrogens with one attached hydrogen (secondary N) is 1. The fourth-order valence-electron chi connectivity index (χ4n) is 1.94. The summed E-state index contributed by atoms with van der Waals surface area (Å²) in [6, 6.07) is 5.26. The molecule has 0 heterocycles. The normalized spacial score (nSPS) is 12.9. The molecule has 1 rings (SSSR count). The fraction of sp³-hybridized carbons (Fsp3) is 0.571. The lowest BCUT2D eigenvalue weighted by molar-refractivity contribution is -0.384. The van der Waals surface area contributed by atoms with Gasteiger partial charge >= 0.3 is 0 Å². The molecule has 0 fully saturated rings. The SMILES string of the molecule is CC(C)C(CN(C)C)NCc1ccc([N+](=O)[O-])cc1Br. The second-order valence-corrected chi connectivity index (χ2v) is 6.38. The van der Waals surface area contributed by atoms with Crippen molar-refractivity contribution < 1.29 is 4.92 Å². The molecule has 0 aliphatic heterocycles. The molecule has 1 N–H and O–H groups in total. The largest absolute Gasteiger partial charge is 0.308 e. The third-order valence-electron chi connectivity index (χ3n) is 3.17. The van der Waals surface area contributed by atoms with E-state index in [1.165, 1.54) is 6.07 Å². The van der Waals surface area contributed by atoms with Crippen LogP contribution in [0.1, 0.15) is 19.4 Å². The molecule has 0 saturated heterocycles. The molecule has 112 valence electrons. The third-order valence-corrected chi connectivity index (χ3v) is 3.91. The number of likely N-dealkylation sites (N-methyl/N-ethyl adjacent to an activating group) is 1. The van der Waals surface area contributed by atoms with Crippen molar-refractivity contribution in [1.82, 2.24) is 10.2 Å². The van der Waals surface area contributed by atoms with E-state index >= 15 is 0 Å². The number of nitro groups is 1. The molecule has 0 spiro atoms. The number of halogens is 1. The molecule has 1 aromatic rings. The van der Waals surface area contributed by atoms with Gasteiger partial charge in [0.15, 0.2) is 0 Å². The monoisotopic (exact) mass is 343 g/mol. The number of hydrogen-bond acceptors (Lipinski definition) is 4. The van der Waals surface area contributed by atoms with Gasteiger partial charge in [-0.1, -0.05) is 29.8 Å². The lowest BCUT2D eigenvalue weighted by Gasteiger charge is -2.26. The summed E-state index contributed by atoms with van der Waals surface area (Å²) < 4.78 is 0.770. The summed E-state index contributed by atoms with van der Waals surface area (Å²) in [4.78, 5) is 12.5. The van der Waals surface area contributed by atoms with Crippen LogP contribution in [0.2, 0.25) is 0 Å². The van der Waals surface area contributed by atoms with Crippen molar-refractivity contribution in [2.45, 2.75) is 26.4 Å². The summed E-state index contributed by atoms with van der Waals surface area (Å²) in [5.74, 6) is 0.522. The van der Waals surface area contributed by atoms with Gasteiger partial charge in [0, 0.05) is 35.7 Å². The van der Waals surface area contributed by atoms with Crippen molar-refractivity contribution in [2.24, 2.45) is 5.92 Å². The molecular formula is C14H22BrN3O2. The maximum atomic E-state index is 10.7. The van der Waals surface area contributed by atoms with E-state index in [2.05, 4.69) is 54.1 Å². The quantitative estimate of drug-likeness (QED) is 0.610. The molecule has 0 saturated carbocycles. The van der Waals surface area contributed by atoms with E-state index in [1.807, 2.05) is 0 Å². The van der Waals surface area contributed by atoms with Gasteiger partial charge in [-0.05, 0) is 31.6 Å². The Morgan fingerprint density at radius 1 is 1.40 bits per heavy atom. The van der Waals surface area contributed by atoms with Crippen molar-refractivity contribution >= 4 is 21.6 Å². The highest BCUT2D eigenvalue weighted by atomic mass is 79.9. The van der Waals surface area contributed by atoms with Crippen LogP contribution in [0.4, 0.5) is 5.69 Å². The van der Waals surface area contributed by atoms with Crippen molar-refractivity contribution in [1.29, 1.82) is 0 Å². The average Bonchev–Trinajstić information content (AvgIpc) is 2.34. The average molecular weight is 344 g/mol. The Morgan fingerprint density at radius 3 is 2.50 bits per heavy atom. The second-order valence-electron chi connectivity index (χ2n) is 5.53.